The second kappa shape index (κ2) is 38.2. The van der Waals surface area contributed by atoms with Gasteiger partial charge in [-0.05, 0) is 83.5 Å². The third-order valence-corrected chi connectivity index (χ3v) is 9.61. The van der Waals surface area contributed by atoms with Crippen LogP contribution in [0.3, 0.4) is 0 Å². The van der Waals surface area contributed by atoms with Gasteiger partial charge in [0.1, 0.15) is 30.5 Å². The highest BCUT2D eigenvalue weighted by Gasteiger charge is 2.44. The summed E-state index contributed by atoms with van der Waals surface area (Å²) in [5.41, 5.74) is 0. The number of allylic oxidation sites excluding steroid dienone is 12. The summed E-state index contributed by atoms with van der Waals surface area (Å²) in [4.78, 5) is 12.8. The fourth-order valence-electron chi connectivity index (χ4n) is 6.16. The zero-order valence-corrected chi connectivity index (χ0v) is 35.1. The van der Waals surface area contributed by atoms with E-state index in [-0.39, 0.29) is 19.2 Å². The Morgan fingerprint density at radius 2 is 1.09 bits per heavy atom. The molecule has 56 heavy (non-hydrogen) atoms. The molecule has 0 amide bonds. The number of ether oxygens (including phenoxy) is 4. The minimum Gasteiger partial charge on any atom is -0.457 e. The molecule has 6 unspecified atom stereocenters. The maximum absolute atomic E-state index is 12.8. The number of rotatable bonds is 36. The van der Waals surface area contributed by atoms with Crippen molar-refractivity contribution in [3.63, 3.8) is 0 Å². The maximum Gasteiger partial charge on any atom is 0.306 e. The lowest BCUT2D eigenvalue weighted by Crippen LogP contribution is -2.59. The highest BCUT2D eigenvalue weighted by molar-refractivity contribution is 5.69. The highest BCUT2D eigenvalue weighted by atomic mass is 16.7. The molecule has 0 bridgehead atoms. The van der Waals surface area contributed by atoms with E-state index in [2.05, 4.69) is 86.8 Å². The van der Waals surface area contributed by atoms with Gasteiger partial charge in [-0.1, -0.05) is 138 Å². The molecule has 0 radical (unpaired) electrons. The number of carbonyl (C=O) groups is 1. The summed E-state index contributed by atoms with van der Waals surface area (Å²) in [6, 6.07) is 0. The summed E-state index contributed by atoms with van der Waals surface area (Å²) in [5, 5.41) is 40.1. The lowest BCUT2D eigenvalue weighted by molar-refractivity contribution is -0.305. The molecule has 4 N–H and O–H groups in total. The molecule has 0 aromatic carbocycles. The molecule has 0 aromatic heterocycles. The van der Waals surface area contributed by atoms with E-state index in [1.165, 1.54) is 38.5 Å². The van der Waals surface area contributed by atoms with Crippen LogP contribution >= 0.6 is 0 Å². The van der Waals surface area contributed by atoms with Gasteiger partial charge < -0.3 is 39.4 Å². The van der Waals surface area contributed by atoms with E-state index >= 15 is 0 Å². The molecular weight excluding hydrogens is 709 g/mol. The van der Waals surface area contributed by atoms with Crippen molar-refractivity contribution in [2.75, 3.05) is 26.4 Å². The summed E-state index contributed by atoms with van der Waals surface area (Å²) < 4.78 is 22.7. The van der Waals surface area contributed by atoms with Gasteiger partial charge in [0.15, 0.2) is 6.29 Å². The number of carbonyl (C=O) groups excluding carboxylic acids is 1. The van der Waals surface area contributed by atoms with Crippen LogP contribution < -0.4 is 0 Å². The van der Waals surface area contributed by atoms with Crippen LogP contribution in [0.15, 0.2) is 72.9 Å². The molecule has 1 aliphatic heterocycles. The summed E-state index contributed by atoms with van der Waals surface area (Å²) in [6.45, 7) is 4.33. The Labute approximate surface area is 340 Å². The van der Waals surface area contributed by atoms with E-state index in [0.717, 1.165) is 96.3 Å². The van der Waals surface area contributed by atoms with Crippen molar-refractivity contribution < 1.29 is 44.2 Å². The van der Waals surface area contributed by atoms with Crippen LogP contribution in [-0.4, -0.2) is 89.6 Å². The quantitative estimate of drug-likeness (QED) is 0.0278. The Morgan fingerprint density at radius 3 is 1.64 bits per heavy atom. The number of esters is 1. The summed E-state index contributed by atoms with van der Waals surface area (Å²) in [6.07, 6.45) is 42.1. The third-order valence-electron chi connectivity index (χ3n) is 9.61. The van der Waals surface area contributed by atoms with Gasteiger partial charge in [0.2, 0.25) is 0 Å². The van der Waals surface area contributed by atoms with Crippen LogP contribution in [0.1, 0.15) is 155 Å². The second-order valence-corrected chi connectivity index (χ2v) is 14.8. The third kappa shape index (κ3) is 28.9. The summed E-state index contributed by atoms with van der Waals surface area (Å²) >= 11 is 0. The molecular formula is C47H80O9. The molecule has 0 aromatic rings. The number of hydrogen-bond acceptors (Lipinski definition) is 9. The van der Waals surface area contributed by atoms with Crippen LogP contribution in [0.25, 0.3) is 0 Å². The molecule has 1 rings (SSSR count). The average molecular weight is 789 g/mol. The van der Waals surface area contributed by atoms with Gasteiger partial charge in [-0.15, -0.1) is 0 Å². The van der Waals surface area contributed by atoms with Crippen molar-refractivity contribution in [2.45, 2.75) is 192 Å². The zero-order chi connectivity index (χ0) is 40.7. The van der Waals surface area contributed by atoms with Crippen molar-refractivity contribution in [3.8, 4) is 0 Å². The first-order valence-corrected chi connectivity index (χ1v) is 22.0. The number of aliphatic hydroxyl groups is 4. The normalized spacial score (nSPS) is 21.3. The second-order valence-electron chi connectivity index (χ2n) is 14.8. The smallest absolute Gasteiger partial charge is 0.306 e. The molecule has 1 saturated heterocycles. The van der Waals surface area contributed by atoms with Crippen molar-refractivity contribution in [1.82, 2.24) is 0 Å². The minimum absolute atomic E-state index is 0.120. The van der Waals surface area contributed by atoms with Gasteiger partial charge in [0, 0.05) is 13.0 Å². The van der Waals surface area contributed by atoms with Crippen LogP contribution in [0.5, 0.6) is 0 Å². The Bertz CT molecular complexity index is 1080. The maximum atomic E-state index is 12.8. The van der Waals surface area contributed by atoms with E-state index < -0.39 is 43.4 Å². The molecule has 0 saturated carbocycles. The Balaban J connectivity index is 2.30. The topological polar surface area (TPSA) is 135 Å². The first kappa shape index (κ1) is 51.6. The number of unbranched alkanes of at least 4 members (excludes halogenated alkanes) is 13. The van der Waals surface area contributed by atoms with Gasteiger partial charge in [-0.3, -0.25) is 4.79 Å². The van der Waals surface area contributed by atoms with Crippen molar-refractivity contribution in [3.05, 3.63) is 72.9 Å². The molecule has 1 fully saturated rings. The molecule has 9 nitrogen and oxygen atoms in total. The predicted octanol–water partition coefficient (Wildman–Crippen LogP) is 9.69. The van der Waals surface area contributed by atoms with Crippen molar-refractivity contribution in [1.29, 1.82) is 0 Å². The van der Waals surface area contributed by atoms with Gasteiger partial charge in [0.05, 0.1) is 19.8 Å². The van der Waals surface area contributed by atoms with E-state index in [0.29, 0.717) is 13.0 Å². The zero-order valence-electron chi connectivity index (χ0n) is 35.1. The first-order valence-electron chi connectivity index (χ1n) is 22.0. The van der Waals surface area contributed by atoms with E-state index in [9.17, 15) is 25.2 Å². The van der Waals surface area contributed by atoms with Crippen LogP contribution in [0.2, 0.25) is 0 Å². The molecule has 322 valence electrons. The van der Waals surface area contributed by atoms with Gasteiger partial charge >= 0.3 is 5.97 Å². The van der Waals surface area contributed by atoms with Gasteiger partial charge in [0.25, 0.3) is 0 Å². The SMILES string of the molecule is CC/C=C\C/C=C\C/C=C\CCCCCCOCC(COC1OC(CO)C(O)C(O)C1O)OC(=O)CCCCCCCC/C=C\C/C=C\C/C=C\CCCCC. The fourth-order valence-corrected chi connectivity index (χ4v) is 6.16. The summed E-state index contributed by atoms with van der Waals surface area (Å²) in [5.74, 6) is -0.338. The van der Waals surface area contributed by atoms with E-state index in [1.54, 1.807) is 0 Å². The first-order chi connectivity index (χ1) is 27.4. The average Bonchev–Trinajstić information content (AvgIpc) is 3.20. The molecule has 1 heterocycles. The van der Waals surface area contributed by atoms with Crippen LogP contribution in [0, 0.1) is 0 Å². The Kier molecular flexibility index (Phi) is 35.2. The molecule has 6 atom stereocenters. The van der Waals surface area contributed by atoms with E-state index in [4.69, 9.17) is 18.9 Å². The van der Waals surface area contributed by atoms with Gasteiger partial charge in [-0.2, -0.15) is 0 Å². The predicted molar refractivity (Wildman–Crippen MR) is 228 cm³/mol. The molecule has 9 heteroatoms. The Hall–Kier alpha value is -2.37. The summed E-state index contributed by atoms with van der Waals surface area (Å²) in [7, 11) is 0. The largest absolute Gasteiger partial charge is 0.457 e. The fraction of sp³-hybridized carbons (Fsp3) is 0.723. The van der Waals surface area contributed by atoms with Crippen LogP contribution in [-0.2, 0) is 23.7 Å². The lowest BCUT2D eigenvalue weighted by atomic mass is 9.99. The van der Waals surface area contributed by atoms with E-state index in [1.807, 2.05) is 0 Å². The molecule has 1 aliphatic rings. The van der Waals surface area contributed by atoms with Gasteiger partial charge in [-0.25, -0.2) is 0 Å². The number of hydrogen-bond donors (Lipinski definition) is 4. The van der Waals surface area contributed by atoms with Crippen molar-refractivity contribution in [2.24, 2.45) is 0 Å². The number of aliphatic hydroxyl groups excluding tert-OH is 4. The minimum atomic E-state index is -1.55. The lowest BCUT2D eigenvalue weighted by Gasteiger charge is -2.39. The van der Waals surface area contributed by atoms with Crippen molar-refractivity contribution >= 4 is 5.97 Å². The van der Waals surface area contributed by atoms with Crippen LogP contribution in [0.4, 0.5) is 0 Å². The highest BCUT2D eigenvalue weighted by Crippen LogP contribution is 2.22. The molecule has 0 aliphatic carbocycles. The standard InChI is InChI=1S/C47H80O9/c1-3-5-7-9-11-13-15-17-19-20-21-22-23-24-26-28-30-32-34-36-43(49)55-41(40-54-47-46(52)45(51)44(50)42(38-48)56-47)39-53-37-35-33-31-29-27-25-18-16-14-12-10-8-6-4-2/h6,8,11-14,17-19,21-22,25,41-42,44-48,50-52H,3-5,7,9-10,15-16,20,23-24,26-40H2,1-2H3/b8-6-,13-11-,14-12-,19-17-,22-21-,25-18-. The monoisotopic (exact) mass is 789 g/mol. The molecule has 0 spiro atoms. The Morgan fingerprint density at radius 1 is 0.589 bits per heavy atom.